The fourth-order valence-corrected chi connectivity index (χ4v) is 4.83. The van der Waals surface area contributed by atoms with Crippen LogP contribution in [0.3, 0.4) is 0 Å². The molecule has 4 aromatic heterocycles. The zero-order valence-electron chi connectivity index (χ0n) is 21.4. The Balaban J connectivity index is 1.75. The number of imidazole rings is 2. The molecular formula is C23H33N9O2. The average molecular weight is 468 g/mol. The number of aromatic nitrogens is 8. The van der Waals surface area contributed by atoms with Crippen LogP contribution in [0.15, 0.2) is 9.59 Å². The fraction of sp³-hybridized carbons (Fsp3) is 0.565. The quantitative estimate of drug-likeness (QED) is 0.485. The number of anilines is 1. The summed E-state index contributed by atoms with van der Waals surface area (Å²) in [6, 6.07) is 0. The number of hydrogen-bond acceptors (Lipinski definition) is 7. The molecule has 2 N–H and O–H groups in total. The van der Waals surface area contributed by atoms with Crippen molar-refractivity contribution in [1.82, 2.24) is 38.2 Å². The maximum atomic E-state index is 13.4. The fourth-order valence-electron chi connectivity index (χ4n) is 4.83. The van der Waals surface area contributed by atoms with E-state index >= 15 is 0 Å². The zero-order chi connectivity index (χ0) is 25.3. The molecule has 34 heavy (non-hydrogen) atoms. The van der Waals surface area contributed by atoms with E-state index in [0.29, 0.717) is 46.8 Å². The van der Waals surface area contributed by atoms with Crippen LogP contribution in [-0.4, -0.2) is 38.2 Å². The molecule has 0 aromatic carbocycles. The summed E-state index contributed by atoms with van der Waals surface area (Å²) >= 11 is 0. The van der Waals surface area contributed by atoms with Crippen LogP contribution < -0.4 is 16.9 Å². The lowest BCUT2D eigenvalue weighted by Crippen LogP contribution is -2.39. The van der Waals surface area contributed by atoms with Crippen LogP contribution in [0.2, 0.25) is 0 Å². The first-order valence-electron chi connectivity index (χ1n) is 11.3. The van der Waals surface area contributed by atoms with E-state index < -0.39 is 11.1 Å². The summed E-state index contributed by atoms with van der Waals surface area (Å²) in [6.45, 7) is 13.6. The second-order valence-corrected chi connectivity index (χ2v) is 10.5. The molecule has 0 atom stereocenters. The van der Waals surface area contributed by atoms with Gasteiger partial charge in [0.25, 0.3) is 11.1 Å². The van der Waals surface area contributed by atoms with Crippen molar-refractivity contribution >= 4 is 28.3 Å². The van der Waals surface area contributed by atoms with Gasteiger partial charge in [0.1, 0.15) is 17.5 Å². The number of nitrogen functional groups attached to an aromatic ring is 1. The third-order valence-electron chi connectivity index (χ3n) is 6.51. The lowest BCUT2D eigenvalue weighted by molar-refractivity contribution is 0.306. The van der Waals surface area contributed by atoms with E-state index in [4.69, 9.17) is 5.73 Å². The lowest BCUT2D eigenvalue weighted by Gasteiger charge is -2.29. The summed E-state index contributed by atoms with van der Waals surface area (Å²) in [5.74, 6) is 2.18. The molecule has 0 saturated carbocycles. The highest BCUT2D eigenvalue weighted by Gasteiger charge is 2.28. The van der Waals surface area contributed by atoms with Crippen molar-refractivity contribution in [3.05, 3.63) is 38.2 Å². The second-order valence-electron chi connectivity index (χ2n) is 10.5. The first-order chi connectivity index (χ1) is 15.6. The van der Waals surface area contributed by atoms with E-state index in [1.54, 1.807) is 27.7 Å². The van der Waals surface area contributed by atoms with Gasteiger partial charge in [0.15, 0.2) is 22.3 Å². The Morgan fingerprint density at radius 2 is 1.26 bits per heavy atom. The Kier molecular flexibility index (Phi) is 5.22. The highest BCUT2D eigenvalue weighted by Crippen LogP contribution is 2.24. The van der Waals surface area contributed by atoms with E-state index in [1.165, 1.54) is 0 Å². The SMILES string of the molecule is Cc1nc2nc(CCC(C)(C)n3c(C)nc4nc(N)n(C)c4c3=O)n(C)c2c(=O)n1C(C)(C)C. The largest absolute Gasteiger partial charge is 0.369 e. The Hall–Kier alpha value is -3.50. The number of nitrogens with zero attached hydrogens (tertiary/aromatic N) is 8. The number of rotatable bonds is 4. The van der Waals surface area contributed by atoms with Crippen LogP contribution in [0.4, 0.5) is 5.95 Å². The standard InChI is InChI=1S/C23H33N9O2/c1-12-25-17-15(19(33)31(12)22(3,4)5)29(8)14(27-17)10-11-23(6,7)32-13(2)26-18-16(20(32)34)30(9)21(24)28-18/h10-11H2,1-9H3,(H2,24,28). The normalized spacial score (nSPS) is 12.9. The third-order valence-corrected chi connectivity index (χ3v) is 6.51. The molecule has 0 radical (unpaired) electrons. The van der Waals surface area contributed by atoms with Gasteiger partial charge in [-0.25, -0.2) is 15.0 Å². The number of aryl methyl sites for hydroxylation is 5. The van der Waals surface area contributed by atoms with Crippen molar-refractivity contribution in [2.24, 2.45) is 14.1 Å². The predicted molar refractivity (Wildman–Crippen MR) is 132 cm³/mol. The topological polar surface area (TPSA) is 131 Å². The van der Waals surface area contributed by atoms with E-state index in [2.05, 4.69) is 19.9 Å². The lowest BCUT2D eigenvalue weighted by atomic mass is 9.97. The van der Waals surface area contributed by atoms with Crippen molar-refractivity contribution in [2.75, 3.05) is 5.73 Å². The molecule has 0 aliphatic carbocycles. The van der Waals surface area contributed by atoms with Crippen LogP contribution in [0.1, 0.15) is 58.5 Å². The van der Waals surface area contributed by atoms with Gasteiger partial charge >= 0.3 is 0 Å². The number of hydrogen-bond donors (Lipinski definition) is 1. The maximum Gasteiger partial charge on any atom is 0.280 e. The average Bonchev–Trinajstić information content (AvgIpc) is 3.14. The molecule has 0 saturated heterocycles. The second kappa shape index (κ2) is 7.51. The molecule has 0 unspecified atom stereocenters. The molecule has 0 aliphatic rings. The molecule has 0 fully saturated rings. The van der Waals surface area contributed by atoms with Gasteiger partial charge in [-0.05, 0) is 54.9 Å². The Labute approximate surface area is 197 Å². The molecule has 182 valence electrons. The molecule has 11 nitrogen and oxygen atoms in total. The van der Waals surface area contributed by atoms with Crippen LogP contribution in [0.5, 0.6) is 0 Å². The summed E-state index contributed by atoms with van der Waals surface area (Å²) < 4.78 is 6.78. The summed E-state index contributed by atoms with van der Waals surface area (Å²) in [6.07, 6.45) is 1.14. The van der Waals surface area contributed by atoms with Crippen molar-refractivity contribution in [2.45, 2.75) is 72.4 Å². The van der Waals surface area contributed by atoms with Crippen LogP contribution in [0, 0.1) is 13.8 Å². The van der Waals surface area contributed by atoms with Gasteiger partial charge in [0.05, 0.1) is 0 Å². The van der Waals surface area contributed by atoms with Crippen LogP contribution in [0.25, 0.3) is 22.3 Å². The molecule has 4 rings (SSSR count). The van der Waals surface area contributed by atoms with E-state index in [1.807, 2.05) is 53.2 Å². The predicted octanol–water partition coefficient (Wildman–Crippen LogP) is 1.90. The third kappa shape index (κ3) is 3.50. The summed E-state index contributed by atoms with van der Waals surface area (Å²) in [5, 5.41) is 0. The summed E-state index contributed by atoms with van der Waals surface area (Å²) in [5.41, 5.74) is 6.29. The van der Waals surface area contributed by atoms with Gasteiger partial charge in [-0.15, -0.1) is 0 Å². The van der Waals surface area contributed by atoms with Crippen LogP contribution >= 0.6 is 0 Å². The Bertz CT molecular complexity index is 1560. The van der Waals surface area contributed by atoms with Crippen LogP contribution in [-0.2, 0) is 31.6 Å². The highest BCUT2D eigenvalue weighted by atomic mass is 16.1. The smallest absolute Gasteiger partial charge is 0.280 e. The molecule has 4 aromatic rings. The molecule has 0 aliphatic heterocycles. The Morgan fingerprint density at radius 1 is 0.765 bits per heavy atom. The molecule has 4 heterocycles. The minimum absolute atomic E-state index is 0.106. The van der Waals surface area contributed by atoms with Gasteiger partial charge in [-0.3, -0.25) is 18.7 Å². The molecule has 11 heteroatoms. The minimum Gasteiger partial charge on any atom is -0.369 e. The van der Waals surface area contributed by atoms with E-state index in [0.717, 1.165) is 5.82 Å². The number of fused-ring (bicyclic) bond motifs is 2. The first kappa shape index (κ1) is 23.7. The van der Waals surface area contributed by atoms with Crippen molar-refractivity contribution in [3.8, 4) is 0 Å². The van der Waals surface area contributed by atoms with E-state index in [-0.39, 0.29) is 17.1 Å². The van der Waals surface area contributed by atoms with Crippen molar-refractivity contribution in [3.63, 3.8) is 0 Å². The Morgan fingerprint density at radius 3 is 1.85 bits per heavy atom. The van der Waals surface area contributed by atoms with Gasteiger partial charge < -0.3 is 14.9 Å². The van der Waals surface area contributed by atoms with Crippen molar-refractivity contribution in [1.29, 1.82) is 0 Å². The van der Waals surface area contributed by atoms with Crippen molar-refractivity contribution < 1.29 is 0 Å². The van der Waals surface area contributed by atoms with Gasteiger partial charge in [0, 0.05) is 31.6 Å². The molecule has 0 spiro atoms. The maximum absolute atomic E-state index is 13.4. The van der Waals surface area contributed by atoms with Gasteiger partial charge in [0.2, 0.25) is 5.95 Å². The van der Waals surface area contributed by atoms with Gasteiger partial charge in [-0.1, -0.05) is 0 Å². The number of nitrogens with two attached hydrogens (primary N) is 1. The monoisotopic (exact) mass is 467 g/mol. The molecule has 0 amide bonds. The first-order valence-corrected chi connectivity index (χ1v) is 11.3. The molecular weight excluding hydrogens is 434 g/mol. The molecule has 0 bridgehead atoms. The van der Waals surface area contributed by atoms with Gasteiger partial charge in [-0.2, -0.15) is 4.98 Å². The summed E-state index contributed by atoms with van der Waals surface area (Å²) in [4.78, 5) is 44.7. The summed E-state index contributed by atoms with van der Waals surface area (Å²) in [7, 11) is 3.55. The van der Waals surface area contributed by atoms with E-state index in [9.17, 15) is 9.59 Å². The minimum atomic E-state index is -0.575. The zero-order valence-corrected chi connectivity index (χ0v) is 21.4. The highest BCUT2D eigenvalue weighted by molar-refractivity contribution is 5.73.